The van der Waals surface area contributed by atoms with E-state index in [-0.39, 0.29) is 26.6 Å². The quantitative estimate of drug-likeness (QED) is 0.665. The number of amides is 1. The van der Waals surface area contributed by atoms with Crippen molar-refractivity contribution in [2.45, 2.75) is 6.42 Å². The van der Waals surface area contributed by atoms with Crippen molar-refractivity contribution >= 4 is 50.7 Å². The summed E-state index contributed by atoms with van der Waals surface area (Å²) in [5.41, 5.74) is -0.130. The Bertz CT molecular complexity index is 487. The van der Waals surface area contributed by atoms with E-state index in [0.717, 1.165) is 0 Å². The molecule has 1 N–H and O–H groups in total. The Morgan fingerprint density at radius 2 is 2.25 bits per heavy atom. The lowest BCUT2D eigenvalue weighted by atomic mass is 10.3. The average Bonchev–Trinajstić information content (AvgIpc) is 2.22. The van der Waals surface area contributed by atoms with Crippen LogP contribution in [0.4, 0.5) is 10.1 Å². The van der Waals surface area contributed by atoms with Crippen LogP contribution < -0.4 is 5.32 Å². The molecule has 0 aromatic heterocycles. The monoisotopic (exact) mass is 324 g/mol. The van der Waals surface area contributed by atoms with E-state index in [1.807, 2.05) is 0 Å². The molecule has 0 saturated carbocycles. The van der Waals surface area contributed by atoms with Crippen LogP contribution in [0.2, 0.25) is 10.0 Å². The number of rotatable bonds is 2. The van der Waals surface area contributed by atoms with Gasteiger partial charge in [0.2, 0.25) is 5.91 Å². The Morgan fingerprint density at radius 3 is 2.81 bits per heavy atom. The summed E-state index contributed by atoms with van der Waals surface area (Å²) in [7, 11) is 0. The SMILES string of the molecule is N#CCC(=O)Nc1c(Br)cc(Cl)c(Cl)c1F. The number of nitrogens with zero attached hydrogens (tertiary/aromatic N) is 1. The van der Waals surface area contributed by atoms with Crippen molar-refractivity contribution in [3.05, 3.63) is 26.4 Å². The van der Waals surface area contributed by atoms with Gasteiger partial charge >= 0.3 is 0 Å². The number of hydrogen-bond acceptors (Lipinski definition) is 2. The fourth-order valence-corrected chi connectivity index (χ4v) is 1.91. The van der Waals surface area contributed by atoms with Crippen molar-refractivity contribution in [1.29, 1.82) is 5.26 Å². The van der Waals surface area contributed by atoms with E-state index >= 15 is 0 Å². The molecule has 0 radical (unpaired) electrons. The van der Waals surface area contributed by atoms with Crippen LogP contribution in [0.25, 0.3) is 0 Å². The maximum Gasteiger partial charge on any atom is 0.238 e. The predicted molar refractivity (Wildman–Crippen MR) is 63.0 cm³/mol. The topological polar surface area (TPSA) is 52.9 Å². The van der Waals surface area contributed by atoms with E-state index in [0.29, 0.717) is 0 Å². The van der Waals surface area contributed by atoms with Gasteiger partial charge in [-0.25, -0.2) is 4.39 Å². The third-order valence-electron chi connectivity index (χ3n) is 1.62. The second-order valence-electron chi connectivity index (χ2n) is 2.73. The number of nitriles is 1. The molecule has 0 unspecified atom stereocenters. The van der Waals surface area contributed by atoms with Crippen LogP contribution in [0.3, 0.4) is 0 Å². The van der Waals surface area contributed by atoms with Gasteiger partial charge in [-0.15, -0.1) is 0 Å². The molecule has 0 fully saturated rings. The summed E-state index contributed by atoms with van der Waals surface area (Å²) in [5, 5.41) is 10.3. The van der Waals surface area contributed by atoms with Crippen molar-refractivity contribution in [3.8, 4) is 6.07 Å². The van der Waals surface area contributed by atoms with Gasteiger partial charge in [0.15, 0.2) is 5.82 Å². The zero-order chi connectivity index (χ0) is 12.3. The van der Waals surface area contributed by atoms with Crippen molar-refractivity contribution in [2.24, 2.45) is 0 Å². The maximum atomic E-state index is 13.6. The Kier molecular flexibility index (Phi) is 4.54. The second kappa shape index (κ2) is 5.48. The van der Waals surface area contributed by atoms with E-state index in [1.54, 1.807) is 6.07 Å². The molecule has 1 amide bonds. The molecule has 0 bridgehead atoms. The number of hydrogen-bond donors (Lipinski definition) is 1. The highest BCUT2D eigenvalue weighted by atomic mass is 79.9. The van der Waals surface area contributed by atoms with E-state index in [1.165, 1.54) is 6.07 Å². The molecule has 7 heteroatoms. The van der Waals surface area contributed by atoms with Gasteiger partial charge < -0.3 is 5.32 Å². The standard InChI is InChI=1S/C9H4BrCl2FN2O/c10-4-3-5(11)7(12)8(13)9(4)15-6(16)1-2-14/h3H,1H2,(H,15,16). The average molecular weight is 326 g/mol. The molecule has 1 rings (SSSR count). The second-order valence-corrected chi connectivity index (χ2v) is 4.37. The number of carbonyl (C=O) groups is 1. The molecule has 3 nitrogen and oxygen atoms in total. The molecule has 1 aromatic carbocycles. The molecule has 1 aromatic rings. The van der Waals surface area contributed by atoms with Gasteiger partial charge in [0.1, 0.15) is 6.42 Å². The smallest absolute Gasteiger partial charge is 0.238 e. The lowest BCUT2D eigenvalue weighted by Gasteiger charge is -2.09. The van der Waals surface area contributed by atoms with Crippen LogP contribution in [0.5, 0.6) is 0 Å². The minimum absolute atomic E-state index is 0.0318. The van der Waals surface area contributed by atoms with Gasteiger partial charge in [0, 0.05) is 4.47 Å². The van der Waals surface area contributed by atoms with Crippen molar-refractivity contribution in [2.75, 3.05) is 5.32 Å². The number of anilines is 1. The number of halogens is 4. The van der Waals surface area contributed by atoms with Crippen LogP contribution in [0.1, 0.15) is 6.42 Å². The van der Waals surface area contributed by atoms with Gasteiger partial charge in [-0.2, -0.15) is 5.26 Å². The maximum absolute atomic E-state index is 13.6. The summed E-state index contributed by atoms with van der Waals surface area (Å²) < 4.78 is 13.8. The molecular formula is C9H4BrCl2FN2O. The first kappa shape index (κ1) is 13.2. The van der Waals surface area contributed by atoms with Gasteiger partial charge in [-0.3, -0.25) is 4.79 Å². The lowest BCUT2D eigenvalue weighted by Crippen LogP contribution is -2.12. The van der Waals surface area contributed by atoms with E-state index in [9.17, 15) is 9.18 Å². The van der Waals surface area contributed by atoms with Crippen molar-refractivity contribution < 1.29 is 9.18 Å². The largest absolute Gasteiger partial charge is 0.322 e. The summed E-state index contributed by atoms with van der Waals surface area (Å²) in [6.07, 6.45) is -0.369. The van der Waals surface area contributed by atoms with Crippen LogP contribution in [-0.2, 0) is 4.79 Å². The van der Waals surface area contributed by atoms with Crippen molar-refractivity contribution in [3.63, 3.8) is 0 Å². The van der Waals surface area contributed by atoms with E-state index < -0.39 is 11.7 Å². The molecule has 0 atom stereocenters. The first-order valence-electron chi connectivity index (χ1n) is 3.97. The molecule has 0 saturated heterocycles. The molecule has 16 heavy (non-hydrogen) atoms. The number of carbonyl (C=O) groups excluding carboxylic acids is 1. The fourth-order valence-electron chi connectivity index (χ4n) is 0.936. The lowest BCUT2D eigenvalue weighted by molar-refractivity contribution is -0.115. The number of benzene rings is 1. The molecule has 0 aliphatic heterocycles. The Balaban J connectivity index is 3.11. The van der Waals surface area contributed by atoms with Crippen LogP contribution in [0.15, 0.2) is 10.5 Å². The molecule has 0 heterocycles. The highest BCUT2D eigenvalue weighted by Crippen LogP contribution is 2.36. The molecule has 0 aliphatic carbocycles. The van der Waals surface area contributed by atoms with E-state index in [2.05, 4.69) is 21.2 Å². The zero-order valence-corrected chi connectivity index (χ0v) is 10.7. The summed E-state index contributed by atoms with van der Waals surface area (Å²) in [6.45, 7) is 0. The highest BCUT2D eigenvalue weighted by molar-refractivity contribution is 9.10. The van der Waals surface area contributed by atoms with Crippen molar-refractivity contribution in [1.82, 2.24) is 0 Å². The minimum Gasteiger partial charge on any atom is -0.322 e. The summed E-state index contributed by atoms with van der Waals surface area (Å²) in [4.78, 5) is 11.1. The predicted octanol–water partition coefficient (Wildman–Crippen LogP) is 3.75. The van der Waals surface area contributed by atoms with E-state index in [4.69, 9.17) is 28.5 Å². The number of nitrogens with one attached hydrogen (secondary N) is 1. The minimum atomic E-state index is -0.840. The first-order valence-corrected chi connectivity index (χ1v) is 5.52. The molecule has 0 spiro atoms. The summed E-state index contributed by atoms with van der Waals surface area (Å²) in [6, 6.07) is 3.00. The van der Waals surface area contributed by atoms with Crippen LogP contribution >= 0.6 is 39.1 Å². The molecular weight excluding hydrogens is 322 g/mol. The highest BCUT2D eigenvalue weighted by Gasteiger charge is 2.16. The third-order valence-corrected chi connectivity index (χ3v) is 3.01. The third kappa shape index (κ3) is 2.85. The Hall–Kier alpha value is -0.830. The molecule has 84 valence electrons. The summed E-state index contributed by atoms with van der Waals surface area (Å²) >= 11 is 14.2. The summed E-state index contributed by atoms with van der Waals surface area (Å²) in [5.74, 6) is -1.46. The van der Waals surface area contributed by atoms with Gasteiger partial charge in [-0.05, 0) is 22.0 Å². The Labute approximate surface area is 109 Å². The molecule has 0 aliphatic rings. The first-order chi connectivity index (χ1) is 7.47. The van der Waals surface area contributed by atoms with Crippen LogP contribution in [-0.4, -0.2) is 5.91 Å². The van der Waals surface area contributed by atoms with Crippen LogP contribution in [0, 0.1) is 17.1 Å². The Morgan fingerprint density at radius 1 is 1.62 bits per heavy atom. The van der Waals surface area contributed by atoms with Gasteiger partial charge in [0.25, 0.3) is 0 Å². The normalized spacial score (nSPS) is 9.69. The zero-order valence-electron chi connectivity index (χ0n) is 7.65. The fraction of sp³-hybridized carbons (Fsp3) is 0.111. The van der Waals surface area contributed by atoms with Gasteiger partial charge in [-0.1, -0.05) is 23.2 Å². The van der Waals surface area contributed by atoms with Gasteiger partial charge in [0.05, 0.1) is 21.8 Å².